The molecule has 1 saturated heterocycles. The normalized spacial score (nSPS) is 26.4. The van der Waals surface area contributed by atoms with Crippen molar-refractivity contribution in [3.05, 3.63) is 30.1 Å². The number of nitrogens with zero attached hydrogens (tertiary/aromatic N) is 3. The zero-order valence-corrected chi connectivity index (χ0v) is 11.4. The van der Waals surface area contributed by atoms with Crippen molar-refractivity contribution in [2.75, 3.05) is 26.7 Å². The Bertz CT molecular complexity index is 354. The van der Waals surface area contributed by atoms with Gasteiger partial charge in [-0.25, -0.2) is 0 Å². The Morgan fingerprint density at radius 1 is 1.44 bits per heavy atom. The van der Waals surface area contributed by atoms with Gasteiger partial charge in [0.25, 0.3) is 0 Å². The minimum absolute atomic E-state index is 0.566. The van der Waals surface area contributed by atoms with E-state index in [9.17, 15) is 0 Å². The molecule has 1 fully saturated rings. The zero-order valence-electron chi connectivity index (χ0n) is 11.4. The Labute approximate surface area is 110 Å². The van der Waals surface area contributed by atoms with E-state index in [1.807, 2.05) is 18.5 Å². The van der Waals surface area contributed by atoms with Crippen LogP contribution in [0.15, 0.2) is 24.5 Å². The monoisotopic (exact) mass is 248 g/mol. The van der Waals surface area contributed by atoms with Crippen LogP contribution in [0.25, 0.3) is 0 Å². The van der Waals surface area contributed by atoms with E-state index < -0.39 is 0 Å². The molecule has 0 bridgehead atoms. The molecule has 2 heterocycles. The quantitative estimate of drug-likeness (QED) is 0.861. The van der Waals surface area contributed by atoms with Gasteiger partial charge in [0, 0.05) is 44.1 Å². The van der Waals surface area contributed by atoms with Gasteiger partial charge in [0.05, 0.1) is 0 Å². The first-order valence-electron chi connectivity index (χ1n) is 6.74. The lowest BCUT2D eigenvalue weighted by Crippen LogP contribution is -2.55. The maximum atomic E-state index is 5.74. The molecule has 2 rings (SSSR count). The van der Waals surface area contributed by atoms with E-state index in [0.29, 0.717) is 12.1 Å². The maximum Gasteiger partial charge on any atom is 0.0312 e. The summed E-state index contributed by atoms with van der Waals surface area (Å²) in [6, 6.07) is 5.33. The summed E-state index contributed by atoms with van der Waals surface area (Å²) in [7, 11) is 2.20. The predicted octanol–water partition coefficient (Wildman–Crippen LogP) is 0.935. The van der Waals surface area contributed by atoms with Gasteiger partial charge < -0.3 is 10.6 Å². The van der Waals surface area contributed by atoms with Crippen LogP contribution >= 0.6 is 0 Å². The van der Waals surface area contributed by atoms with Crippen molar-refractivity contribution >= 4 is 0 Å². The molecule has 2 atom stereocenters. The van der Waals surface area contributed by atoms with Crippen molar-refractivity contribution in [2.24, 2.45) is 5.73 Å². The van der Waals surface area contributed by atoms with Crippen molar-refractivity contribution in [3.8, 4) is 0 Å². The Balaban J connectivity index is 2.03. The van der Waals surface area contributed by atoms with Gasteiger partial charge in [0.15, 0.2) is 0 Å². The van der Waals surface area contributed by atoms with Crippen LogP contribution in [-0.4, -0.2) is 53.5 Å². The summed E-state index contributed by atoms with van der Waals surface area (Å²) in [4.78, 5) is 9.17. The van der Waals surface area contributed by atoms with Crippen LogP contribution in [0.2, 0.25) is 0 Å². The molecular formula is C14H24N4. The van der Waals surface area contributed by atoms with E-state index in [-0.39, 0.29) is 0 Å². The van der Waals surface area contributed by atoms with E-state index in [0.717, 1.165) is 32.6 Å². The third-order valence-electron chi connectivity index (χ3n) is 3.87. The number of likely N-dealkylation sites (N-methyl/N-ethyl adjacent to an activating group) is 1. The lowest BCUT2D eigenvalue weighted by atomic mass is 10.0. The SMILES string of the molecule is CC1CN(Cc2cccnc2)C(CCN)CN1C. The fraction of sp³-hybridized carbons (Fsp3) is 0.643. The summed E-state index contributed by atoms with van der Waals surface area (Å²) < 4.78 is 0. The van der Waals surface area contributed by atoms with Crippen molar-refractivity contribution < 1.29 is 0 Å². The molecule has 0 saturated carbocycles. The smallest absolute Gasteiger partial charge is 0.0312 e. The van der Waals surface area contributed by atoms with Gasteiger partial charge in [0.1, 0.15) is 0 Å². The lowest BCUT2D eigenvalue weighted by molar-refractivity contribution is 0.0430. The van der Waals surface area contributed by atoms with Crippen molar-refractivity contribution in [2.45, 2.75) is 32.0 Å². The number of hydrogen-bond acceptors (Lipinski definition) is 4. The summed E-state index contributed by atoms with van der Waals surface area (Å²) in [5, 5.41) is 0. The summed E-state index contributed by atoms with van der Waals surface area (Å²) in [5.74, 6) is 0. The summed E-state index contributed by atoms with van der Waals surface area (Å²) in [6.45, 7) is 6.25. The molecule has 100 valence electrons. The zero-order chi connectivity index (χ0) is 13.0. The van der Waals surface area contributed by atoms with Crippen LogP contribution in [0.1, 0.15) is 18.9 Å². The van der Waals surface area contributed by atoms with E-state index >= 15 is 0 Å². The van der Waals surface area contributed by atoms with E-state index in [2.05, 4.69) is 34.8 Å². The highest BCUT2D eigenvalue weighted by Crippen LogP contribution is 2.18. The van der Waals surface area contributed by atoms with E-state index in [1.54, 1.807) is 0 Å². The number of pyridine rings is 1. The molecule has 2 unspecified atom stereocenters. The average molecular weight is 248 g/mol. The van der Waals surface area contributed by atoms with Crippen molar-refractivity contribution in [1.29, 1.82) is 0 Å². The predicted molar refractivity (Wildman–Crippen MR) is 74.2 cm³/mol. The van der Waals surface area contributed by atoms with Gasteiger partial charge in [-0.15, -0.1) is 0 Å². The van der Waals surface area contributed by atoms with Gasteiger partial charge >= 0.3 is 0 Å². The molecule has 1 aromatic rings. The maximum absolute atomic E-state index is 5.74. The Hall–Kier alpha value is -0.970. The lowest BCUT2D eigenvalue weighted by Gasteiger charge is -2.44. The molecule has 4 nitrogen and oxygen atoms in total. The van der Waals surface area contributed by atoms with Crippen LogP contribution < -0.4 is 5.73 Å². The first kappa shape index (κ1) is 13.5. The van der Waals surface area contributed by atoms with Gasteiger partial charge in [-0.3, -0.25) is 9.88 Å². The molecule has 4 heteroatoms. The first-order chi connectivity index (χ1) is 8.70. The summed E-state index contributed by atoms with van der Waals surface area (Å²) in [6.07, 6.45) is 4.85. The first-order valence-corrected chi connectivity index (χ1v) is 6.74. The second-order valence-electron chi connectivity index (χ2n) is 5.31. The van der Waals surface area contributed by atoms with E-state index in [4.69, 9.17) is 5.73 Å². The number of rotatable bonds is 4. The third-order valence-corrected chi connectivity index (χ3v) is 3.87. The number of piperazine rings is 1. The number of nitrogens with two attached hydrogens (primary N) is 1. The van der Waals surface area contributed by atoms with Crippen LogP contribution in [0.5, 0.6) is 0 Å². The van der Waals surface area contributed by atoms with Crippen molar-refractivity contribution in [3.63, 3.8) is 0 Å². The largest absolute Gasteiger partial charge is 0.330 e. The van der Waals surface area contributed by atoms with Gasteiger partial charge in [-0.05, 0) is 38.6 Å². The highest BCUT2D eigenvalue weighted by molar-refractivity contribution is 5.09. The van der Waals surface area contributed by atoms with Crippen LogP contribution in [0.3, 0.4) is 0 Å². The molecule has 2 N–H and O–H groups in total. The molecular weight excluding hydrogens is 224 g/mol. The van der Waals surface area contributed by atoms with Crippen LogP contribution in [-0.2, 0) is 6.54 Å². The molecule has 1 aromatic heterocycles. The minimum Gasteiger partial charge on any atom is -0.330 e. The topological polar surface area (TPSA) is 45.4 Å². The molecule has 1 aliphatic heterocycles. The molecule has 1 aliphatic rings. The second kappa shape index (κ2) is 6.27. The second-order valence-corrected chi connectivity index (χ2v) is 5.31. The molecule has 0 amide bonds. The Morgan fingerprint density at radius 3 is 2.94 bits per heavy atom. The summed E-state index contributed by atoms with van der Waals surface area (Å²) >= 11 is 0. The highest BCUT2D eigenvalue weighted by atomic mass is 15.3. The Kier molecular flexibility index (Phi) is 4.69. The number of hydrogen-bond donors (Lipinski definition) is 1. The molecule has 0 spiro atoms. The molecule has 0 radical (unpaired) electrons. The fourth-order valence-electron chi connectivity index (χ4n) is 2.64. The van der Waals surface area contributed by atoms with Crippen LogP contribution in [0.4, 0.5) is 0 Å². The third kappa shape index (κ3) is 3.28. The summed E-state index contributed by atoms with van der Waals surface area (Å²) in [5.41, 5.74) is 7.03. The van der Waals surface area contributed by atoms with Crippen LogP contribution in [0, 0.1) is 0 Å². The average Bonchev–Trinajstić information content (AvgIpc) is 2.37. The molecule has 0 aliphatic carbocycles. The van der Waals surface area contributed by atoms with E-state index in [1.165, 1.54) is 5.56 Å². The van der Waals surface area contributed by atoms with Crippen molar-refractivity contribution in [1.82, 2.24) is 14.8 Å². The highest BCUT2D eigenvalue weighted by Gasteiger charge is 2.28. The number of aromatic nitrogens is 1. The van der Waals surface area contributed by atoms with Gasteiger partial charge in [-0.2, -0.15) is 0 Å². The molecule has 0 aromatic carbocycles. The fourth-order valence-corrected chi connectivity index (χ4v) is 2.64. The van der Waals surface area contributed by atoms with Gasteiger partial charge in [0.2, 0.25) is 0 Å². The molecule has 18 heavy (non-hydrogen) atoms. The minimum atomic E-state index is 0.566. The standard InChI is InChI=1S/C14H24N4/c1-12-9-18(10-13-4-3-7-16-8-13)14(5-6-15)11-17(12)2/h3-4,7-8,12,14H,5-6,9-11,15H2,1-2H3. The van der Waals surface area contributed by atoms with Gasteiger partial charge in [-0.1, -0.05) is 6.07 Å². The Morgan fingerprint density at radius 2 is 2.28 bits per heavy atom.